The average molecular weight is 266 g/mol. The number of pyridine rings is 1. The fourth-order valence-electron chi connectivity index (χ4n) is 1.34. The van der Waals surface area contributed by atoms with Crippen molar-refractivity contribution in [2.75, 3.05) is 0 Å². The van der Waals surface area contributed by atoms with Gasteiger partial charge < -0.3 is 10.5 Å². The fourth-order valence-corrected chi connectivity index (χ4v) is 1.49. The summed E-state index contributed by atoms with van der Waals surface area (Å²) in [5, 5.41) is 0. The number of ether oxygens (including phenoxy) is 1. The Morgan fingerprint density at radius 2 is 1.89 bits per heavy atom. The molecule has 1 heterocycles. The van der Waals surface area contributed by atoms with Crippen molar-refractivity contribution in [3.05, 3.63) is 53.9 Å². The molecule has 2 N–H and O–H groups in total. The van der Waals surface area contributed by atoms with Crippen molar-refractivity contribution in [2.45, 2.75) is 0 Å². The highest BCUT2D eigenvalue weighted by Gasteiger charge is 2.13. The molecular weight excluding hydrogens is 258 g/mol. The van der Waals surface area contributed by atoms with Crippen LogP contribution in [0, 0.1) is 11.6 Å². The van der Waals surface area contributed by atoms with Gasteiger partial charge in [0.1, 0.15) is 10.7 Å². The van der Waals surface area contributed by atoms with Crippen molar-refractivity contribution in [3.63, 3.8) is 0 Å². The number of nitrogens with two attached hydrogens (primary N) is 1. The van der Waals surface area contributed by atoms with Crippen LogP contribution in [0.2, 0.25) is 0 Å². The van der Waals surface area contributed by atoms with Gasteiger partial charge in [-0.3, -0.25) is 0 Å². The molecule has 0 fully saturated rings. The Bertz CT molecular complexity index is 604. The summed E-state index contributed by atoms with van der Waals surface area (Å²) in [6.07, 6.45) is 1.48. The number of thiocarbonyl (C=S) groups is 1. The second-order valence-electron chi connectivity index (χ2n) is 3.37. The van der Waals surface area contributed by atoms with Crippen molar-refractivity contribution < 1.29 is 13.5 Å². The molecule has 18 heavy (non-hydrogen) atoms. The maximum atomic E-state index is 13.4. The zero-order valence-corrected chi connectivity index (χ0v) is 9.88. The van der Waals surface area contributed by atoms with Gasteiger partial charge >= 0.3 is 0 Å². The van der Waals surface area contributed by atoms with E-state index in [1.807, 2.05) is 0 Å². The van der Waals surface area contributed by atoms with E-state index in [0.717, 1.165) is 6.07 Å². The summed E-state index contributed by atoms with van der Waals surface area (Å²) in [6.45, 7) is 0. The van der Waals surface area contributed by atoms with Crippen LogP contribution in [0.1, 0.15) is 5.69 Å². The number of aromatic nitrogens is 1. The van der Waals surface area contributed by atoms with Crippen molar-refractivity contribution in [2.24, 2.45) is 5.73 Å². The van der Waals surface area contributed by atoms with Gasteiger partial charge in [-0.2, -0.15) is 4.39 Å². The van der Waals surface area contributed by atoms with E-state index in [-0.39, 0.29) is 22.2 Å². The Morgan fingerprint density at radius 1 is 1.17 bits per heavy atom. The molecule has 0 saturated carbocycles. The van der Waals surface area contributed by atoms with Crippen molar-refractivity contribution >= 4 is 17.2 Å². The molecular formula is C12H8F2N2OS. The summed E-state index contributed by atoms with van der Waals surface area (Å²) in [4.78, 5) is 3.94. The molecule has 92 valence electrons. The summed E-state index contributed by atoms with van der Waals surface area (Å²) in [7, 11) is 0. The molecule has 0 aliphatic carbocycles. The van der Waals surface area contributed by atoms with E-state index < -0.39 is 11.6 Å². The Morgan fingerprint density at radius 3 is 2.61 bits per heavy atom. The SMILES string of the molecule is NC(=S)c1ncccc1Oc1cccc(F)c1F. The molecule has 3 nitrogen and oxygen atoms in total. The molecule has 0 aliphatic heterocycles. The number of rotatable bonds is 3. The van der Waals surface area contributed by atoms with Gasteiger partial charge in [-0.25, -0.2) is 9.37 Å². The van der Waals surface area contributed by atoms with Crippen LogP contribution in [0.25, 0.3) is 0 Å². The van der Waals surface area contributed by atoms with E-state index in [4.69, 9.17) is 22.7 Å². The quantitative estimate of drug-likeness (QED) is 0.868. The molecule has 0 bridgehead atoms. The topological polar surface area (TPSA) is 48.1 Å². The average Bonchev–Trinajstić information content (AvgIpc) is 2.35. The molecule has 0 spiro atoms. The molecule has 2 aromatic rings. The van der Waals surface area contributed by atoms with Gasteiger partial charge in [0, 0.05) is 6.20 Å². The summed E-state index contributed by atoms with van der Waals surface area (Å²) < 4.78 is 31.7. The summed E-state index contributed by atoms with van der Waals surface area (Å²) in [6, 6.07) is 6.74. The Labute approximate surface area is 107 Å². The predicted molar refractivity (Wildman–Crippen MR) is 66.6 cm³/mol. The van der Waals surface area contributed by atoms with E-state index >= 15 is 0 Å². The smallest absolute Gasteiger partial charge is 0.201 e. The monoisotopic (exact) mass is 266 g/mol. The van der Waals surface area contributed by atoms with Crippen LogP contribution in [-0.2, 0) is 0 Å². The maximum absolute atomic E-state index is 13.4. The third-order valence-electron chi connectivity index (χ3n) is 2.14. The van der Waals surface area contributed by atoms with Crippen LogP contribution in [0.5, 0.6) is 11.5 Å². The van der Waals surface area contributed by atoms with Gasteiger partial charge in [-0.05, 0) is 24.3 Å². The van der Waals surface area contributed by atoms with Crippen LogP contribution in [0.15, 0.2) is 36.5 Å². The van der Waals surface area contributed by atoms with Crippen LogP contribution in [-0.4, -0.2) is 9.97 Å². The van der Waals surface area contributed by atoms with Gasteiger partial charge in [-0.15, -0.1) is 0 Å². The predicted octanol–water partition coefficient (Wildman–Crippen LogP) is 2.79. The molecule has 6 heteroatoms. The van der Waals surface area contributed by atoms with Gasteiger partial charge in [-0.1, -0.05) is 18.3 Å². The van der Waals surface area contributed by atoms with Gasteiger partial charge in [0.15, 0.2) is 17.3 Å². The van der Waals surface area contributed by atoms with Crippen LogP contribution in [0.3, 0.4) is 0 Å². The van der Waals surface area contributed by atoms with E-state index in [1.54, 1.807) is 6.07 Å². The molecule has 0 atom stereocenters. The second-order valence-corrected chi connectivity index (χ2v) is 3.81. The minimum absolute atomic E-state index is 0.0161. The highest BCUT2D eigenvalue weighted by Crippen LogP contribution is 2.27. The summed E-state index contributed by atoms with van der Waals surface area (Å²) in [5.74, 6) is -2.14. The standard InChI is InChI=1S/C12H8F2N2OS/c13-7-3-1-4-8(10(7)14)17-9-5-2-6-16-11(9)12(15)18/h1-6H,(H2,15,18). The summed E-state index contributed by atoms with van der Waals surface area (Å²) >= 11 is 4.79. The van der Waals surface area contributed by atoms with E-state index in [9.17, 15) is 8.78 Å². The molecule has 1 aromatic carbocycles. The lowest BCUT2D eigenvalue weighted by molar-refractivity contribution is 0.414. The molecule has 1 aromatic heterocycles. The van der Waals surface area contributed by atoms with Crippen LogP contribution < -0.4 is 10.5 Å². The normalized spacial score (nSPS) is 10.1. The van der Waals surface area contributed by atoms with Gasteiger partial charge in [0.25, 0.3) is 0 Å². The van der Waals surface area contributed by atoms with Crippen LogP contribution in [0.4, 0.5) is 8.78 Å². The van der Waals surface area contributed by atoms with Crippen LogP contribution >= 0.6 is 12.2 Å². The van der Waals surface area contributed by atoms with Crippen molar-refractivity contribution in [1.82, 2.24) is 4.98 Å². The first-order chi connectivity index (χ1) is 8.59. The number of hydrogen-bond acceptors (Lipinski definition) is 3. The molecule has 0 unspecified atom stereocenters. The van der Waals surface area contributed by atoms with Crippen molar-refractivity contribution in [3.8, 4) is 11.5 Å². The van der Waals surface area contributed by atoms with Crippen molar-refractivity contribution in [1.29, 1.82) is 0 Å². The molecule has 0 aliphatic rings. The fraction of sp³-hybridized carbons (Fsp3) is 0. The number of nitrogens with zero attached hydrogens (tertiary/aromatic N) is 1. The lowest BCUT2D eigenvalue weighted by Crippen LogP contribution is -2.12. The lowest BCUT2D eigenvalue weighted by Gasteiger charge is -2.09. The highest BCUT2D eigenvalue weighted by molar-refractivity contribution is 7.80. The second kappa shape index (κ2) is 5.05. The van der Waals surface area contributed by atoms with Gasteiger partial charge in [0.05, 0.1) is 0 Å². The first kappa shape index (κ1) is 12.4. The molecule has 0 saturated heterocycles. The first-order valence-corrected chi connectivity index (χ1v) is 5.37. The third kappa shape index (κ3) is 2.43. The number of benzene rings is 1. The lowest BCUT2D eigenvalue weighted by atomic mass is 10.3. The van der Waals surface area contributed by atoms with E-state index in [0.29, 0.717) is 0 Å². The molecule has 0 radical (unpaired) electrons. The zero-order chi connectivity index (χ0) is 13.1. The minimum Gasteiger partial charge on any atom is -0.452 e. The first-order valence-electron chi connectivity index (χ1n) is 4.96. The Hall–Kier alpha value is -2.08. The largest absolute Gasteiger partial charge is 0.452 e. The Kier molecular flexibility index (Phi) is 3.47. The minimum atomic E-state index is -1.07. The number of halogens is 2. The molecule has 2 rings (SSSR count). The summed E-state index contributed by atoms with van der Waals surface area (Å²) in [5.41, 5.74) is 5.68. The zero-order valence-electron chi connectivity index (χ0n) is 9.06. The van der Waals surface area contributed by atoms with E-state index in [2.05, 4.69) is 4.98 Å². The van der Waals surface area contributed by atoms with E-state index in [1.165, 1.54) is 24.4 Å². The Balaban J connectivity index is 2.40. The third-order valence-corrected chi connectivity index (χ3v) is 2.33. The highest BCUT2D eigenvalue weighted by atomic mass is 32.1. The molecule has 0 amide bonds. The maximum Gasteiger partial charge on any atom is 0.201 e. The van der Waals surface area contributed by atoms with Gasteiger partial charge in [0.2, 0.25) is 5.82 Å². The number of hydrogen-bond donors (Lipinski definition) is 1.